The number of ether oxygens (including phenoxy) is 1. The molecule has 0 bridgehead atoms. The zero-order chi connectivity index (χ0) is 20.3. The van der Waals surface area contributed by atoms with Gasteiger partial charge >= 0.3 is 5.97 Å². The van der Waals surface area contributed by atoms with Crippen molar-refractivity contribution in [1.29, 1.82) is 0 Å². The number of esters is 1. The zero-order valence-electron chi connectivity index (χ0n) is 15.1. The zero-order valence-corrected chi connectivity index (χ0v) is 15.9. The van der Waals surface area contributed by atoms with Gasteiger partial charge in [-0.2, -0.15) is 0 Å². The Hall–Kier alpha value is -3.20. The van der Waals surface area contributed by atoms with Gasteiger partial charge in [0.1, 0.15) is 4.88 Å². The maximum Gasteiger partial charge on any atom is 0.349 e. The van der Waals surface area contributed by atoms with Crippen molar-refractivity contribution in [3.8, 4) is 0 Å². The molecule has 0 radical (unpaired) electrons. The fourth-order valence-corrected chi connectivity index (χ4v) is 3.11. The first-order chi connectivity index (χ1) is 13.3. The van der Waals surface area contributed by atoms with E-state index in [9.17, 15) is 19.2 Å². The van der Waals surface area contributed by atoms with Gasteiger partial charge in [0, 0.05) is 17.2 Å². The molecule has 2 aromatic rings. The highest BCUT2D eigenvalue weighted by Gasteiger charge is 2.30. The van der Waals surface area contributed by atoms with Gasteiger partial charge in [-0.05, 0) is 56.2 Å². The average molecular weight is 401 g/mol. The molecule has 1 aromatic carbocycles. The molecule has 1 aliphatic carbocycles. The van der Waals surface area contributed by atoms with Gasteiger partial charge in [-0.3, -0.25) is 14.4 Å². The van der Waals surface area contributed by atoms with Gasteiger partial charge in [0.15, 0.2) is 6.10 Å². The third kappa shape index (κ3) is 4.95. The highest BCUT2D eigenvalue weighted by Crippen LogP contribution is 2.31. The lowest BCUT2D eigenvalue weighted by molar-refractivity contribution is -0.123. The molecule has 3 amide bonds. The van der Waals surface area contributed by atoms with Crippen molar-refractivity contribution in [2.24, 2.45) is 11.7 Å². The maximum atomic E-state index is 12.2. The number of amides is 3. The van der Waals surface area contributed by atoms with Crippen LogP contribution in [0, 0.1) is 5.92 Å². The van der Waals surface area contributed by atoms with Gasteiger partial charge in [0.2, 0.25) is 11.8 Å². The van der Waals surface area contributed by atoms with E-state index < -0.39 is 23.9 Å². The summed E-state index contributed by atoms with van der Waals surface area (Å²) in [5, 5.41) is 5.92. The number of thiophene rings is 1. The molecule has 1 aliphatic rings. The number of carbonyl (C=O) groups excluding carboxylic acids is 4. The first kappa shape index (κ1) is 19.6. The van der Waals surface area contributed by atoms with E-state index in [1.165, 1.54) is 31.2 Å². The molecule has 0 spiro atoms. The van der Waals surface area contributed by atoms with Crippen LogP contribution in [0.2, 0.25) is 0 Å². The van der Waals surface area contributed by atoms with Crippen molar-refractivity contribution in [2.45, 2.75) is 25.9 Å². The Balaban J connectivity index is 1.52. The molecule has 9 heteroatoms. The SMILES string of the molecule is C[C@H](OC(=O)c1ccc(NC(=O)C2CC2)s1)C(=O)Nc1ccc(C(N)=O)cc1. The summed E-state index contributed by atoms with van der Waals surface area (Å²) < 4.78 is 5.18. The summed E-state index contributed by atoms with van der Waals surface area (Å²) in [6.45, 7) is 1.45. The van der Waals surface area contributed by atoms with Gasteiger partial charge in [-0.25, -0.2) is 4.79 Å². The van der Waals surface area contributed by atoms with Crippen molar-refractivity contribution in [1.82, 2.24) is 0 Å². The van der Waals surface area contributed by atoms with Crippen LogP contribution in [0.3, 0.4) is 0 Å². The van der Waals surface area contributed by atoms with Crippen LogP contribution in [0.4, 0.5) is 10.7 Å². The number of benzene rings is 1. The molecule has 1 fully saturated rings. The highest BCUT2D eigenvalue weighted by atomic mass is 32.1. The first-order valence-corrected chi connectivity index (χ1v) is 9.47. The molecule has 0 aliphatic heterocycles. The van der Waals surface area contributed by atoms with E-state index in [-0.39, 0.29) is 16.7 Å². The van der Waals surface area contributed by atoms with Crippen LogP contribution < -0.4 is 16.4 Å². The van der Waals surface area contributed by atoms with Crippen LogP contribution in [0.5, 0.6) is 0 Å². The lowest BCUT2D eigenvalue weighted by Crippen LogP contribution is -2.29. The Bertz CT molecular complexity index is 918. The standard InChI is InChI=1S/C19H19N3O5S/c1-10(17(24)21-13-6-4-11(5-7-13)16(20)23)27-19(26)14-8-9-15(28-14)22-18(25)12-2-3-12/h4-10,12H,2-3H2,1H3,(H2,20,23)(H,21,24)(H,22,25)/t10-/m0/s1. The molecule has 0 unspecified atom stereocenters. The minimum absolute atomic E-state index is 0.0446. The molecule has 1 aromatic heterocycles. The molecule has 1 atom stereocenters. The van der Waals surface area contributed by atoms with Crippen LogP contribution in [0.15, 0.2) is 36.4 Å². The van der Waals surface area contributed by atoms with Crippen LogP contribution in [-0.4, -0.2) is 29.8 Å². The smallest absolute Gasteiger partial charge is 0.349 e. The van der Waals surface area contributed by atoms with Gasteiger partial charge in [-0.1, -0.05) is 0 Å². The van der Waals surface area contributed by atoms with Crippen molar-refractivity contribution < 1.29 is 23.9 Å². The van der Waals surface area contributed by atoms with Crippen molar-refractivity contribution in [3.63, 3.8) is 0 Å². The van der Waals surface area contributed by atoms with Crippen molar-refractivity contribution in [3.05, 3.63) is 46.8 Å². The molecule has 3 rings (SSSR count). The number of hydrogen-bond donors (Lipinski definition) is 3. The molecule has 8 nitrogen and oxygen atoms in total. The van der Waals surface area contributed by atoms with E-state index in [1.807, 2.05) is 0 Å². The number of primary amides is 1. The van der Waals surface area contributed by atoms with E-state index in [0.717, 1.165) is 24.2 Å². The molecular formula is C19H19N3O5S. The van der Waals surface area contributed by atoms with Crippen molar-refractivity contribution >= 4 is 45.7 Å². The second kappa shape index (κ2) is 8.22. The molecule has 28 heavy (non-hydrogen) atoms. The Labute approximate surface area is 165 Å². The fraction of sp³-hybridized carbons (Fsp3) is 0.263. The van der Waals surface area contributed by atoms with Gasteiger partial charge in [0.05, 0.1) is 5.00 Å². The molecular weight excluding hydrogens is 382 g/mol. The van der Waals surface area contributed by atoms with Gasteiger partial charge in [0.25, 0.3) is 5.91 Å². The fourth-order valence-electron chi connectivity index (χ4n) is 2.32. The number of nitrogens with two attached hydrogens (primary N) is 1. The summed E-state index contributed by atoms with van der Waals surface area (Å²) in [7, 11) is 0. The van der Waals surface area contributed by atoms with E-state index in [0.29, 0.717) is 16.3 Å². The summed E-state index contributed by atoms with van der Waals surface area (Å²) in [5.74, 6) is -1.71. The number of rotatable bonds is 7. The van der Waals surface area contributed by atoms with Gasteiger partial charge < -0.3 is 21.1 Å². The quantitative estimate of drug-likeness (QED) is 0.614. The summed E-state index contributed by atoms with van der Waals surface area (Å²) in [5.41, 5.74) is 5.93. The van der Waals surface area contributed by atoms with Crippen LogP contribution in [0.1, 0.15) is 39.8 Å². The minimum atomic E-state index is -1.03. The Morgan fingerprint density at radius 3 is 2.36 bits per heavy atom. The number of hydrogen-bond acceptors (Lipinski definition) is 6. The lowest BCUT2D eigenvalue weighted by Gasteiger charge is -2.13. The number of nitrogens with one attached hydrogen (secondary N) is 2. The lowest BCUT2D eigenvalue weighted by atomic mass is 10.2. The largest absolute Gasteiger partial charge is 0.448 e. The van der Waals surface area contributed by atoms with Crippen LogP contribution in [0.25, 0.3) is 0 Å². The summed E-state index contributed by atoms with van der Waals surface area (Å²) in [6.07, 6.45) is 0.753. The third-order valence-corrected chi connectivity index (χ3v) is 5.07. The van der Waals surface area contributed by atoms with E-state index in [4.69, 9.17) is 10.5 Å². The highest BCUT2D eigenvalue weighted by molar-refractivity contribution is 7.18. The van der Waals surface area contributed by atoms with Crippen LogP contribution in [-0.2, 0) is 14.3 Å². The predicted molar refractivity (Wildman–Crippen MR) is 104 cm³/mol. The topological polar surface area (TPSA) is 128 Å². The number of carbonyl (C=O) groups is 4. The summed E-state index contributed by atoms with van der Waals surface area (Å²) in [4.78, 5) is 47.5. The average Bonchev–Trinajstić information content (AvgIpc) is 3.41. The summed E-state index contributed by atoms with van der Waals surface area (Å²) >= 11 is 1.09. The molecule has 146 valence electrons. The minimum Gasteiger partial charge on any atom is -0.448 e. The second-order valence-corrected chi connectivity index (χ2v) is 7.49. The molecule has 1 heterocycles. The van der Waals surface area contributed by atoms with E-state index >= 15 is 0 Å². The Kier molecular flexibility index (Phi) is 5.74. The third-order valence-electron chi connectivity index (χ3n) is 4.09. The predicted octanol–water partition coefficient (Wildman–Crippen LogP) is 2.38. The summed E-state index contributed by atoms with van der Waals surface area (Å²) in [6, 6.07) is 9.20. The Morgan fingerprint density at radius 1 is 1.07 bits per heavy atom. The maximum absolute atomic E-state index is 12.2. The second-order valence-electron chi connectivity index (χ2n) is 6.41. The first-order valence-electron chi connectivity index (χ1n) is 8.66. The normalized spacial score (nSPS) is 14.0. The van der Waals surface area contributed by atoms with Crippen molar-refractivity contribution in [2.75, 3.05) is 10.6 Å². The number of anilines is 2. The Morgan fingerprint density at radius 2 is 1.75 bits per heavy atom. The molecule has 1 saturated carbocycles. The van der Waals surface area contributed by atoms with Gasteiger partial charge in [-0.15, -0.1) is 11.3 Å². The molecule has 4 N–H and O–H groups in total. The van der Waals surface area contributed by atoms with E-state index in [1.54, 1.807) is 12.1 Å². The monoisotopic (exact) mass is 401 g/mol. The van der Waals surface area contributed by atoms with E-state index in [2.05, 4.69) is 10.6 Å². The molecule has 0 saturated heterocycles. The van der Waals surface area contributed by atoms with Crippen LogP contribution >= 0.6 is 11.3 Å².